The number of halogens is 3. The Morgan fingerprint density at radius 3 is 2.59 bits per heavy atom. The molecule has 0 aliphatic heterocycles. The van der Waals surface area contributed by atoms with E-state index in [1.165, 1.54) is 6.07 Å². The number of allylic oxidation sites excluding steroid dienone is 1. The number of hydrogen-bond donors (Lipinski definition) is 1. The number of nitrogens with one attached hydrogen (secondary N) is 1. The highest BCUT2D eigenvalue weighted by Crippen LogP contribution is 2.29. The molecule has 1 aliphatic rings. The first-order chi connectivity index (χ1) is 8.05. The zero-order valence-electron chi connectivity index (χ0n) is 9.17. The maximum absolute atomic E-state index is 12.3. The largest absolute Gasteiger partial charge is 0.417 e. The topological polar surface area (TPSA) is 24.9 Å². The third-order valence-corrected chi connectivity index (χ3v) is 2.71. The molecule has 1 heterocycles. The molecule has 0 radical (unpaired) electrons. The highest BCUT2D eigenvalue weighted by molar-refractivity contribution is 5.37. The second-order valence-corrected chi connectivity index (χ2v) is 4.06. The molecule has 1 aliphatic carbocycles. The fourth-order valence-electron chi connectivity index (χ4n) is 1.78. The molecule has 5 heteroatoms. The lowest BCUT2D eigenvalue weighted by molar-refractivity contribution is -0.137. The summed E-state index contributed by atoms with van der Waals surface area (Å²) in [5.41, 5.74) is -0.716. The van der Waals surface area contributed by atoms with Gasteiger partial charge in [-0.25, -0.2) is 4.98 Å². The van der Waals surface area contributed by atoms with Crippen LogP contribution in [0, 0.1) is 0 Å². The molecule has 0 saturated heterocycles. The van der Waals surface area contributed by atoms with Crippen LogP contribution in [-0.4, -0.2) is 11.0 Å². The Morgan fingerprint density at radius 2 is 2.06 bits per heavy atom. The van der Waals surface area contributed by atoms with Crippen LogP contribution in [0.4, 0.5) is 19.0 Å². The van der Waals surface area contributed by atoms with Gasteiger partial charge in [0.1, 0.15) is 5.82 Å². The van der Waals surface area contributed by atoms with Crippen molar-refractivity contribution >= 4 is 5.82 Å². The molecular formula is C12H13F3N2. The van der Waals surface area contributed by atoms with Crippen molar-refractivity contribution in [1.29, 1.82) is 0 Å². The van der Waals surface area contributed by atoms with Crippen molar-refractivity contribution in [3.05, 3.63) is 36.0 Å². The van der Waals surface area contributed by atoms with Gasteiger partial charge in [0.25, 0.3) is 0 Å². The van der Waals surface area contributed by atoms with E-state index in [-0.39, 0.29) is 6.04 Å². The van der Waals surface area contributed by atoms with Gasteiger partial charge in [-0.1, -0.05) is 12.2 Å². The summed E-state index contributed by atoms with van der Waals surface area (Å²) >= 11 is 0. The molecule has 1 unspecified atom stereocenters. The molecule has 2 nitrogen and oxygen atoms in total. The summed E-state index contributed by atoms with van der Waals surface area (Å²) < 4.78 is 36.9. The molecule has 1 atom stereocenters. The van der Waals surface area contributed by atoms with Crippen LogP contribution in [0.2, 0.25) is 0 Å². The molecule has 2 rings (SSSR count). The lowest BCUT2D eigenvalue weighted by atomic mass is 10.0. The van der Waals surface area contributed by atoms with E-state index in [4.69, 9.17) is 0 Å². The van der Waals surface area contributed by atoms with Gasteiger partial charge in [0.2, 0.25) is 0 Å². The lowest BCUT2D eigenvalue weighted by Gasteiger charge is -2.20. The first-order valence-electron chi connectivity index (χ1n) is 5.50. The van der Waals surface area contributed by atoms with Gasteiger partial charge in [-0.2, -0.15) is 13.2 Å². The number of alkyl halides is 3. The van der Waals surface area contributed by atoms with Crippen molar-refractivity contribution in [2.75, 3.05) is 5.32 Å². The van der Waals surface area contributed by atoms with Gasteiger partial charge >= 0.3 is 6.18 Å². The first-order valence-corrected chi connectivity index (χ1v) is 5.50. The molecule has 0 fully saturated rings. The Labute approximate surface area is 97.6 Å². The zero-order chi connectivity index (χ0) is 12.3. The number of anilines is 1. The van der Waals surface area contributed by atoms with E-state index < -0.39 is 11.7 Å². The van der Waals surface area contributed by atoms with Crippen molar-refractivity contribution in [3.8, 4) is 0 Å². The Balaban J connectivity index is 2.00. The van der Waals surface area contributed by atoms with Gasteiger partial charge < -0.3 is 5.32 Å². The van der Waals surface area contributed by atoms with E-state index >= 15 is 0 Å². The predicted octanol–water partition coefficient (Wildman–Crippen LogP) is 3.62. The van der Waals surface area contributed by atoms with Crippen LogP contribution < -0.4 is 5.32 Å². The summed E-state index contributed by atoms with van der Waals surface area (Å²) in [5, 5.41) is 3.13. The van der Waals surface area contributed by atoms with E-state index in [0.717, 1.165) is 31.5 Å². The normalized spacial score (nSPS) is 20.3. The molecule has 0 bridgehead atoms. The molecule has 17 heavy (non-hydrogen) atoms. The average Bonchev–Trinajstić information content (AvgIpc) is 2.30. The van der Waals surface area contributed by atoms with Crippen molar-refractivity contribution in [3.63, 3.8) is 0 Å². The Hall–Kier alpha value is -1.52. The smallest absolute Gasteiger partial charge is 0.367 e. The van der Waals surface area contributed by atoms with Crippen molar-refractivity contribution in [2.24, 2.45) is 0 Å². The van der Waals surface area contributed by atoms with Crippen LogP contribution in [0.1, 0.15) is 24.8 Å². The minimum atomic E-state index is -4.32. The summed E-state index contributed by atoms with van der Waals surface area (Å²) in [6, 6.07) is 2.69. The van der Waals surface area contributed by atoms with Crippen molar-refractivity contribution in [2.45, 2.75) is 31.5 Å². The first kappa shape index (κ1) is 12.0. The minimum absolute atomic E-state index is 0.268. The summed E-state index contributed by atoms with van der Waals surface area (Å²) in [7, 11) is 0. The molecule has 1 N–H and O–H groups in total. The Morgan fingerprint density at radius 1 is 1.24 bits per heavy atom. The maximum atomic E-state index is 12.3. The average molecular weight is 242 g/mol. The summed E-state index contributed by atoms with van der Waals surface area (Å²) in [6.45, 7) is 0. The van der Waals surface area contributed by atoms with Crippen molar-refractivity contribution in [1.82, 2.24) is 4.98 Å². The van der Waals surface area contributed by atoms with Crippen LogP contribution in [0.3, 0.4) is 0 Å². The van der Waals surface area contributed by atoms with Gasteiger partial charge in [0, 0.05) is 12.2 Å². The summed E-state index contributed by atoms with van der Waals surface area (Å²) in [5.74, 6) is 0.498. The molecule has 0 aromatic carbocycles. The highest BCUT2D eigenvalue weighted by atomic mass is 19.4. The van der Waals surface area contributed by atoms with Crippen LogP contribution in [0.25, 0.3) is 0 Å². The molecule has 1 aromatic rings. The number of hydrogen-bond acceptors (Lipinski definition) is 2. The number of pyridine rings is 1. The molecular weight excluding hydrogens is 229 g/mol. The van der Waals surface area contributed by atoms with Gasteiger partial charge in [0.05, 0.1) is 5.56 Å². The minimum Gasteiger partial charge on any atom is -0.367 e. The van der Waals surface area contributed by atoms with Crippen LogP contribution >= 0.6 is 0 Å². The predicted molar refractivity (Wildman–Crippen MR) is 59.6 cm³/mol. The van der Waals surface area contributed by atoms with Gasteiger partial charge in [-0.3, -0.25) is 0 Å². The van der Waals surface area contributed by atoms with E-state index in [0.29, 0.717) is 5.82 Å². The number of nitrogens with zero attached hydrogens (tertiary/aromatic N) is 1. The zero-order valence-corrected chi connectivity index (χ0v) is 9.17. The number of aromatic nitrogens is 1. The van der Waals surface area contributed by atoms with Crippen LogP contribution in [0.15, 0.2) is 30.5 Å². The van der Waals surface area contributed by atoms with Crippen LogP contribution in [0.5, 0.6) is 0 Å². The second-order valence-electron chi connectivity index (χ2n) is 4.06. The van der Waals surface area contributed by atoms with E-state index in [9.17, 15) is 13.2 Å². The number of rotatable bonds is 2. The molecule has 0 saturated carbocycles. The molecule has 0 spiro atoms. The third kappa shape index (κ3) is 3.22. The SMILES string of the molecule is FC(F)(F)c1ccc(NC2CC=CCC2)nc1. The second kappa shape index (κ2) is 4.77. The molecule has 92 valence electrons. The summed E-state index contributed by atoms with van der Waals surface area (Å²) in [4.78, 5) is 3.78. The highest BCUT2D eigenvalue weighted by Gasteiger charge is 2.30. The third-order valence-electron chi connectivity index (χ3n) is 2.71. The quantitative estimate of drug-likeness (QED) is 0.801. The maximum Gasteiger partial charge on any atom is 0.417 e. The van der Waals surface area contributed by atoms with Crippen molar-refractivity contribution < 1.29 is 13.2 Å². The van der Waals surface area contributed by atoms with Gasteiger partial charge in [-0.05, 0) is 31.4 Å². The van der Waals surface area contributed by atoms with Gasteiger partial charge in [0.15, 0.2) is 0 Å². The van der Waals surface area contributed by atoms with Gasteiger partial charge in [-0.15, -0.1) is 0 Å². The fourth-order valence-corrected chi connectivity index (χ4v) is 1.78. The van der Waals surface area contributed by atoms with E-state index in [1.54, 1.807) is 0 Å². The summed E-state index contributed by atoms with van der Waals surface area (Å²) in [6.07, 6.45) is 3.60. The molecule has 1 aromatic heterocycles. The Kier molecular flexibility index (Phi) is 3.36. The standard InChI is InChI=1S/C12H13F3N2/c13-12(14,15)9-6-7-11(16-8-9)17-10-4-2-1-3-5-10/h1-2,6-8,10H,3-5H2,(H,16,17). The lowest BCUT2D eigenvalue weighted by Crippen LogP contribution is -2.21. The van der Waals surface area contributed by atoms with E-state index in [2.05, 4.69) is 22.5 Å². The fraction of sp³-hybridized carbons (Fsp3) is 0.417. The molecule has 0 amide bonds. The van der Waals surface area contributed by atoms with Crippen LogP contribution in [-0.2, 0) is 6.18 Å². The van der Waals surface area contributed by atoms with E-state index in [1.807, 2.05) is 0 Å². The monoisotopic (exact) mass is 242 g/mol. The Bertz CT molecular complexity index is 395.